The first-order valence-electron chi connectivity index (χ1n) is 7.34. The summed E-state index contributed by atoms with van der Waals surface area (Å²) < 4.78 is 5.02. The molecule has 0 rings (SSSR count). The van der Waals surface area contributed by atoms with E-state index < -0.39 is 5.97 Å². The van der Waals surface area contributed by atoms with Crippen LogP contribution in [0, 0.1) is 10.8 Å². The smallest absolute Gasteiger partial charge is 0.338 e. The van der Waals surface area contributed by atoms with E-state index >= 15 is 0 Å². The Hall–Kier alpha value is -2.23. The van der Waals surface area contributed by atoms with E-state index in [1.165, 1.54) is 6.08 Å². The molecule has 0 aliphatic rings. The first-order chi connectivity index (χ1) is 10.4. The van der Waals surface area contributed by atoms with E-state index in [2.05, 4.69) is 6.58 Å². The molecule has 122 valence electrons. The van der Waals surface area contributed by atoms with Gasteiger partial charge in [-0.2, -0.15) is 0 Å². The lowest BCUT2D eigenvalue weighted by molar-refractivity contribution is -0.138. The van der Waals surface area contributed by atoms with Gasteiger partial charge in [-0.15, -0.1) is 0 Å². The highest BCUT2D eigenvalue weighted by Gasteiger charge is 2.12. The Bertz CT molecular complexity index is 505. The summed E-state index contributed by atoms with van der Waals surface area (Å²) in [6.45, 7) is 15.0. The van der Waals surface area contributed by atoms with Crippen molar-refractivity contribution in [1.29, 1.82) is 10.8 Å². The van der Waals surface area contributed by atoms with Crippen molar-refractivity contribution in [2.45, 2.75) is 41.5 Å². The lowest BCUT2D eigenvalue weighted by Gasteiger charge is -2.10. The average Bonchev–Trinajstić information content (AvgIpc) is 2.48. The third kappa shape index (κ3) is 7.53. The Labute approximate surface area is 134 Å². The molecule has 0 aromatic rings. The fourth-order valence-electron chi connectivity index (χ4n) is 1.54. The third-order valence-corrected chi connectivity index (χ3v) is 2.52. The van der Waals surface area contributed by atoms with E-state index in [1.807, 2.05) is 27.7 Å². The average molecular weight is 304 g/mol. The van der Waals surface area contributed by atoms with Crippen LogP contribution in [0.2, 0.25) is 0 Å². The minimum absolute atomic E-state index is 0.302. The van der Waals surface area contributed by atoms with Gasteiger partial charge in [0.15, 0.2) is 0 Å². The topological polar surface area (TPSA) is 74.0 Å². The molecule has 0 aromatic carbocycles. The van der Waals surface area contributed by atoms with Crippen LogP contribution in [0.3, 0.4) is 0 Å². The molecule has 0 aromatic heterocycles. The number of ether oxygens (including phenoxy) is 1. The molecule has 4 heteroatoms. The zero-order valence-electron chi connectivity index (χ0n) is 14.5. The molecule has 0 fully saturated rings. The number of hydrogen-bond donors (Lipinski definition) is 2. The number of nitrogens with one attached hydrogen (secondary N) is 2. The van der Waals surface area contributed by atoms with Gasteiger partial charge in [0.1, 0.15) is 0 Å². The molecule has 2 N–H and O–H groups in total. The van der Waals surface area contributed by atoms with E-state index in [-0.39, 0.29) is 0 Å². The Morgan fingerprint density at radius 1 is 1.23 bits per heavy atom. The van der Waals surface area contributed by atoms with Gasteiger partial charge in [-0.3, -0.25) is 0 Å². The molecule has 0 heterocycles. The van der Waals surface area contributed by atoms with E-state index in [4.69, 9.17) is 15.6 Å². The summed E-state index contributed by atoms with van der Waals surface area (Å²) in [5, 5.41) is 14.9. The standard InChI is InChI=1S/C16H22N2O2.C2H6/c1-6-13(14(8-9-17)12(5)18)10-15(11(3)4)16(19)20-7-2;1-2/h6,8-10,17-18H,1,7H2,2-5H3;1-2H3/b13-10+,14-8+,17-9?,18-12?;. The van der Waals surface area contributed by atoms with Crippen LogP contribution in [0.5, 0.6) is 0 Å². The molecule has 0 saturated heterocycles. The van der Waals surface area contributed by atoms with Crippen LogP contribution in [0.4, 0.5) is 0 Å². The van der Waals surface area contributed by atoms with Crippen molar-refractivity contribution in [2.75, 3.05) is 6.61 Å². The van der Waals surface area contributed by atoms with Crippen molar-refractivity contribution in [2.24, 2.45) is 0 Å². The summed E-state index contributed by atoms with van der Waals surface area (Å²) in [4.78, 5) is 11.9. The molecule has 0 bridgehead atoms. The fourth-order valence-corrected chi connectivity index (χ4v) is 1.54. The Morgan fingerprint density at radius 2 is 1.77 bits per heavy atom. The van der Waals surface area contributed by atoms with Crippen molar-refractivity contribution >= 4 is 17.9 Å². The van der Waals surface area contributed by atoms with Crippen LogP contribution in [-0.2, 0) is 9.53 Å². The van der Waals surface area contributed by atoms with Crippen LogP contribution in [-0.4, -0.2) is 24.5 Å². The van der Waals surface area contributed by atoms with E-state index in [0.29, 0.717) is 29.0 Å². The summed E-state index contributed by atoms with van der Waals surface area (Å²) >= 11 is 0. The van der Waals surface area contributed by atoms with Gasteiger partial charge in [-0.05, 0) is 45.4 Å². The summed E-state index contributed by atoms with van der Waals surface area (Å²) in [5.41, 5.74) is 2.73. The SMILES string of the molecule is C=CC(=C\C(C(=O)OCC)=C(C)C)/C(=C/C=N)C(C)=N.CC. The van der Waals surface area contributed by atoms with E-state index in [9.17, 15) is 4.79 Å². The van der Waals surface area contributed by atoms with Gasteiger partial charge in [0.2, 0.25) is 0 Å². The number of allylic oxidation sites excluding steroid dienone is 5. The lowest BCUT2D eigenvalue weighted by atomic mass is 9.98. The quantitative estimate of drug-likeness (QED) is 0.311. The van der Waals surface area contributed by atoms with Gasteiger partial charge in [0.05, 0.1) is 12.2 Å². The summed E-state index contributed by atoms with van der Waals surface area (Å²) in [6.07, 6.45) is 5.82. The first-order valence-corrected chi connectivity index (χ1v) is 7.34. The van der Waals surface area contributed by atoms with Crippen molar-refractivity contribution in [3.8, 4) is 0 Å². The largest absolute Gasteiger partial charge is 0.462 e. The van der Waals surface area contributed by atoms with Crippen molar-refractivity contribution < 1.29 is 9.53 Å². The molecule has 0 amide bonds. The van der Waals surface area contributed by atoms with E-state index in [0.717, 1.165) is 11.8 Å². The molecule has 0 saturated carbocycles. The molecule has 0 atom stereocenters. The predicted octanol–water partition coefficient (Wildman–Crippen LogP) is 4.64. The second-order valence-corrected chi connectivity index (χ2v) is 4.31. The normalized spacial score (nSPS) is 10.8. The fraction of sp³-hybridized carbons (Fsp3) is 0.389. The number of carbonyl (C=O) groups excluding carboxylic acids is 1. The van der Waals surface area contributed by atoms with Crippen LogP contribution >= 0.6 is 0 Å². The monoisotopic (exact) mass is 304 g/mol. The minimum Gasteiger partial charge on any atom is -0.462 e. The van der Waals surface area contributed by atoms with Crippen LogP contribution in [0.1, 0.15) is 41.5 Å². The van der Waals surface area contributed by atoms with Crippen molar-refractivity contribution in [1.82, 2.24) is 0 Å². The van der Waals surface area contributed by atoms with Gasteiger partial charge in [0.25, 0.3) is 0 Å². The number of esters is 1. The highest BCUT2D eigenvalue weighted by molar-refractivity contribution is 6.04. The highest BCUT2D eigenvalue weighted by atomic mass is 16.5. The molecular weight excluding hydrogens is 276 g/mol. The predicted molar refractivity (Wildman–Crippen MR) is 94.9 cm³/mol. The molecule has 0 unspecified atom stereocenters. The van der Waals surface area contributed by atoms with Crippen molar-refractivity contribution in [3.05, 3.63) is 47.1 Å². The summed E-state index contributed by atoms with van der Waals surface area (Å²) in [6, 6.07) is 0. The van der Waals surface area contributed by atoms with Crippen LogP contribution in [0.15, 0.2) is 47.1 Å². The van der Waals surface area contributed by atoms with Gasteiger partial charge >= 0.3 is 5.97 Å². The van der Waals surface area contributed by atoms with Gasteiger partial charge < -0.3 is 15.6 Å². The molecule has 4 nitrogen and oxygen atoms in total. The number of carbonyl (C=O) groups is 1. The first kappa shape index (κ1) is 22.1. The van der Waals surface area contributed by atoms with Gasteiger partial charge in [-0.25, -0.2) is 4.79 Å². The Balaban J connectivity index is 0. The molecule has 0 aliphatic heterocycles. The number of rotatable bonds is 7. The second kappa shape index (κ2) is 12.5. The van der Waals surface area contributed by atoms with E-state index in [1.54, 1.807) is 26.0 Å². The van der Waals surface area contributed by atoms with Crippen molar-refractivity contribution in [3.63, 3.8) is 0 Å². The maximum Gasteiger partial charge on any atom is 0.338 e. The van der Waals surface area contributed by atoms with Gasteiger partial charge in [0, 0.05) is 17.5 Å². The molecule has 0 spiro atoms. The minimum atomic E-state index is -0.399. The molecular formula is C18H28N2O2. The third-order valence-electron chi connectivity index (χ3n) is 2.52. The van der Waals surface area contributed by atoms with Gasteiger partial charge in [-0.1, -0.05) is 32.1 Å². The second-order valence-electron chi connectivity index (χ2n) is 4.31. The maximum atomic E-state index is 11.9. The number of hydrogen-bond acceptors (Lipinski definition) is 4. The lowest BCUT2D eigenvalue weighted by Crippen LogP contribution is -2.09. The Kier molecular flexibility index (Phi) is 12.5. The summed E-state index contributed by atoms with van der Waals surface area (Å²) in [7, 11) is 0. The highest BCUT2D eigenvalue weighted by Crippen LogP contribution is 2.18. The molecule has 22 heavy (non-hydrogen) atoms. The Morgan fingerprint density at radius 3 is 2.09 bits per heavy atom. The molecule has 0 radical (unpaired) electrons. The summed E-state index contributed by atoms with van der Waals surface area (Å²) in [5.74, 6) is -0.399. The zero-order chi connectivity index (χ0) is 17.7. The maximum absolute atomic E-state index is 11.9. The molecule has 0 aliphatic carbocycles. The van der Waals surface area contributed by atoms with Crippen LogP contribution < -0.4 is 0 Å². The van der Waals surface area contributed by atoms with Crippen LogP contribution in [0.25, 0.3) is 0 Å². The zero-order valence-corrected chi connectivity index (χ0v) is 14.5.